The Balaban J connectivity index is 1.43. The van der Waals surface area contributed by atoms with E-state index in [2.05, 4.69) is 33.2 Å². The van der Waals surface area contributed by atoms with Crippen LogP contribution in [0.25, 0.3) is 0 Å². The Morgan fingerprint density at radius 2 is 1.67 bits per heavy atom. The van der Waals surface area contributed by atoms with Crippen molar-refractivity contribution in [1.82, 2.24) is 24.5 Å². The number of nitrogens with one attached hydrogen (secondary N) is 1. The van der Waals surface area contributed by atoms with Crippen LogP contribution >= 0.6 is 0 Å². The fourth-order valence-corrected chi connectivity index (χ4v) is 4.54. The Bertz CT molecular complexity index is 817. The van der Waals surface area contributed by atoms with Gasteiger partial charge in [-0.25, -0.2) is 9.48 Å². The zero-order valence-corrected chi connectivity index (χ0v) is 16.6. The number of carbonyl (C=O) groups is 1. The Morgan fingerprint density at radius 1 is 0.963 bits per heavy atom. The van der Waals surface area contributed by atoms with E-state index >= 15 is 0 Å². The Kier molecular flexibility index (Phi) is 4.93. The molecule has 2 aromatic rings. The van der Waals surface area contributed by atoms with Crippen molar-refractivity contribution >= 4 is 11.8 Å². The summed E-state index contributed by atoms with van der Waals surface area (Å²) in [5.74, 6) is 0.832. The topological polar surface area (TPSA) is 68.0 Å². The summed E-state index contributed by atoms with van der Waals surface area (Å²) in [5, 5.41) is 12.4. The summed E-state index contributed by atoms with van der Waals surface area (Å²) in [6, 6.07) is 4.71. The van der Waals surface area contributed by atoms with Crippen LogP contribution in [0.15, 0.2) is 12.1 Å². The van der Waals surface area contributed by atoms with Crippen LogP contribution in [0.1, 0.15) is 67.7 Å². The van der Waals surface area contributed by atoms with Crippen LogP contribution in [-0.2, 0) is 0 Å². The lowest BCUT2D eigenvalue weighted by Gasteiger charge is -2.25. The second-order valence-corrected chi connectivity index (χ2v) is 8.10. The van der Waals surface area contributed by atoms with Gasteiger partial charge >= 0.3 is 6.03 Å². The van der Waals surface area contributed by atoms with Gasteiger partial charge in [0.15, 0.2) is 0 Å². The third-order valence-electron chi connectivity index (χ3n) is 5.85. The van der Waals surface area contributed by atoms with Crippen LogP contribution < -0.4 is 5.32 Å². The molecule has 3 heterocycles. The Morgan fingerprint density at radius 3 is 2.37 bits per heavy atom. The smallest absolute Gasteiger partial charge is 0.322 e. The minimum absolute atomic E-state index is 0.0315. The number of nitrogens with zero attached hydrogens (tertiary/aromatic N) is 5. The largest absolute Gasteiger partial charge is 0.323 e. The van der Waals surface area contributed by atoms with E-state index in [1.165, 1.54) is 19.3 Å². The Hall–Kier alpha value is -2.31. The van der Waals surface area contributed by atoms with E-state index in [9.17, 15) is 4.79 Å². The fraction of sp³-hybridized carbons (Fsp3) is 0.650. The first-order valence-electron chi connectivity index (χ1n) is 10.2. The number of aromatic nitrogens is 4. The van der Waals surface area contributed by atoms with Gasteiger partial charge in [-0.15, -0.1) is 0 Å². The van der Waals surface area contributed by atoms with E-state index < -0.39 is 0 Å². The first-order chi connectivity index (χ1) is 13.0. The lowest BCUT2D eigenvalue weighted by Crippen LogP contribution is -2.34. The maximum absolute atomic E-state index is 12.9. The molecule has 1 saturated carbocycles. The van der Waals surface area contributed by atoms with Gasteiger partial charge in [0.2, 0.25) is 0 Å². The molecule has 1 N–H and O–H groups in total. The lowest BCUT2D eigenvalue weighted by molar-refractivity contribution is 0.220. The van der Waals surface area contributed by atoms with Crippen molar-refractivity contribution in [3.8, 4) is 0 Å². The van der Waals surface area contributed by atoms with Gasteiger partial charge in [0, 0.05) is 24.8 Å². The number of carbonyl (C=O) groups excluding carboxylic acids is 1. The van der Waals surface area contributed by atoms with Crippen molar-refractivity contribution in [2.24, 2.45) is 0 Å². The standard InChI is InChI=1S/C20H30N6O/c1-14-11-16(3)25(22-14)18-9-10-24(13-18)20(27)21-19-12-15(2)23-26(19)17-7-5-4-6-8-17/h11-12,17-18H,4-10,13H2,1-3H3,(H,21,27)/t18-/m0/s1. The minimum Gasteiger partial charge on any atom is -0.322 e. The number of hydrogen-bond donors (Lipinski definition) is 1. The van der Waals surface area contributed by atoms with Crippen molar-refractivity contribution in [1.29, 1.82) is 0 Å². The number of amides is 2. The number of likely N-dealkylation sites (tertiary alicyclic amines) is 1. The molecule has 0 spiro atoms. The van der Waals surface area contributed by atoms with Gasteiger partial charge in [0.25, 0.3) is 0 Å². The molecule has 2 fully saturated rings. The summed E-state index contributed by atoms with van der Waals surface area (Å²) < 4.78 is 4.11. The van der Waals surface area contributed by atoms with E-state index in [1.54, 1.807) is 0 Å². The second-order valence-electron chi connectivity index (χ2n) is 8.10. The maximum Gasteiger partial charge on any atom is 0.323 e. The predicted molar refractivity (Wildman–Crippen MR) is 105 cm³/mol. The molecule has 146 valence electrons. The van der Waals surface area contributed by atoms with Crippen molar-refractivity contribution in [2.45, 2.75) is 71.4 Å². The highest BCUT2D eigenvalue weighted by molar-refractivity contribution is 5.88. The quantitative estimate of drug-likeness (QED) is 0.888. The summed E-state index contributed by atoms with van der Waals surface area (Å²) in [6.45, 7) is 7.53. The molecule has 1 saturated heterocycles. The first kappa shape index (κ1) is 18.1. The zero-order chi connectivity index (χ0) is 19.0. The lowest BCUT2D eigenvalue weighted by atomic mass is 9.96. The molecule has 0 radical (unpaired) electrons. The number of anilines is 1. The van der Waals surface area contributed by atoms with Crippen LogP contribution in [-0.4, -0.2) is 43.6 Å². The van der Waals surface area contributed by atoms with E-state index in [-0.39, 0.29) is 12.1 Å². The average Bonchev–Trinajstić information content (AvgIpc) is 3.34. The van der Waals surface area contributed by atoms with E-state index in [1.807, 2.05) is 29.5 Å². The molecule has 7 heteroatoms. The molecule has 4 rings (SSSR count). The molecule has 27 heavy (non-hydrogen) atoms. The maximum atomic E-state index is 12.9. The summed E-state index contributed by atoms with van der Waals surface area (Å²) in [7, 11) is 0. The zero-order valence-electron chi connectivity index (χ0n) is 16.6. The van der Waals surface area contributed by atoms with Gasteiger partial charge < -0.3 is 4.90 Å². The summed E-state index contributed by atoms with van der Waals surface area (Å²) in [4.78, 5) is 14.8. The van der Waals surface area contributed by atoms with Gasteiger partial charge in [-0.05, 0) is 46.1 Å². The van der Waals surface area contributed by atoms with Crippen LogP contribution in [0.4, 0.5) is 10.6 Å². The van der Waals surface area contributed by atoms with Gasteiger partial charge in [0.05, 0.1) is 23.5 Å². The van der Waals surface area contributed by atoms with Crippen LogP contribution in [0, 0.1) is 20.8 Å². The third-order valence-corrected chi connectivity index (χ3v) is 5.85. The van der Waals surface area contributed by atoms with Gasteiger partial charge in [-0.1, -0.05) is 19.3 Å². The molecule has 2 aromatic heterocycles. The highest BCUT2D eigenvalue weighted by Crippen LogP contribution is 2.31. The second kappa shape index (κ2) is 7.37. The highest BCUT2D eigenvalue weighted by Gasteiger charge is 2.30. The fourth-order valence-electron chi connectivity index (χ4n) is 4.54. The van der Waals surface area contributed by atoms with Crippen molar-refractivity contribution in [3.05, 3.63) is 29.2 Å². The molecule has 2 aliphatic rings. The molecule has 1 atom stereocenters. The molecule has 1 aliphatic heterocycles. The van der Waals surface area contributed by atoms with Crippen molar-refractivity contribution in [3.63, 3.8) is 0 Å². The number of urea groups is 1. The van der Waals surface area contributed by atoms with Gasteiger partial charge in [-0.3, -0.25) is 10.00 Å². The van der Waals surface area contributed by atoms with E-state index in [0.717, 1.165) is 48.7 Å². The number of hydrogen-bond acceptors (Lipinski definition) is 3. The number of aryl methyl sites for hydroxylation is 3. The summed E-state index contributed by atoms with van der Waals surface area (Å²) >= 11 is 0. The summed E-state index contributed by atoms with van der Waals surface area (Å²) in [6.07, 6.45) is 7.03. The third kappa shape index (κ3) is 3.73. The average molecular weight is 371 g/mol. The minimum atomic E-state index is -0.0315. The van der Waals surface area contributed by atoms with Crippen molar-refractivity contribution < 1.29 is 4.79 Å². The normalized spacial score (nSPS) is 21.0. The monoisotopic (exact) mass is 370 g/mol. The van der Waals surface area contributed by atoms with Crippen LogP contribution in [0.5, 0.6) is 0 Å². The summed E-state index contributed by atoms with van der Waals surface area (Å²) in [5.41, 5.74) is 3.14. The molecule has 7 nitrogen and oxygen atoms in total. The molecule has 0 bridgehead atoms. The molecule has 0 aromatic carbocycles. The highest BCUT2D eigenvalue weighted by atomic mass is 16.2. The predicted octanol–water partition coefficient (Wildman–Crippen LogP) is 3.99. The molecule has 0 unspecified atom stereocenters. The van der Waals surface area contributed by atoms with Gasteiger partial charge in [-0.2, -0.15) is 10.2 Å². The van der Waals surface area contributed by atoms with E-state index in [0.29, 0.717) is 12.6 Å². The van der Waals surface area contributed by atoms with Crippen LogP contribution in [0.3, 0.4) is 0 Å². The Labute approximate surface area is 160 Å². The van der Waals surface area contributed by atoms with E-state index in [4.69, 9.17) is 0 Å². The van der Waals surface area contributed by atoms with Crippen LogP contribution in [0.2, 0.25) is 0 Å². The first-order valence-corrected chi connectivity index (χ1v) is 10.2. The molecular weight excluding hydrogens is 340 g/mol. The van der Waals surface area contributed by atoms with Gasteiger partial charge in [0.1, 0.15) is 5.82 Å². The SMILES string of the molecule is Cc1cc(NC(=O)N2CC[C@H](n3nc(C)cc3C)C2)n(C2CCCCC2)n1. The van der Waals surface area contributed by atoms with Crippen molar-refractivity contribution in [2.75, 3.05) is 18.4 Å². The molecule has 1 aliphatic carbocycles. The number of rotatable bonds is 3. The molecular formula is C20H30N6O. The molecule has 2 amide bonds.